The fraction of sp³-hybridized carbons (Fsp3) is 0.458. The number of nitrogens with zero attached hydrogens (tertiary/aromatic N) is 2. The van der Waals surface area contributed by atoms with E-state index in [0.29, 0.717) is 6.42 Å². The molecule has 0 amide bonds. The van der Waals surface area contributed by atoms with Crippen LogP contribution in [0.15, 0.2) is 54.6 Å². The molecule has 0 aromatic heterocycles. The fourth-order valence-corrected chi connectivity index (χ4v) is 3.57. The van der Waals surface area contributed by atoms with Gasteiger partial charge in [-0.2, -0.15) is 0 Å². The van der Waals surface area contributed by atoms with E-state index in [1.807, 2.05) is 30.3 Å². The number of Topliss-reactive ketones (excluding diaryl/α,β-unsaturated/α-hetero) is 1. The first-order valence-corrected chi connectivity index (χ1v) is 10.0. The number of hydrogen-bond acceptors (Lipinski definition) is 3. The van der Waals surface area contributed by atoms with Crippen molar-refractivity contribution in [1.29, 1.82) is 0 Å². The molecule has 0 N–H and O–H groups in total. The van der Waals surface area contributed by atoms with Crippen LogP contribution in [0.1, 0.15) is 48.7 Å². The lowest BCUT2D eigenvalue weighted by atomic mass is 9.87. The SMILES string of the molecule is CC(C)(C)c1ccc(CN2CCN(CCC(=O)c3ccccc3)CC2)cc1. The molecule has 1 saturated heterocycles. The van der Waals surface area contributed by atoms with E-state index in [-0.39, 0.29) is 11.2 Å². The molecule has 2 aromatic rings. The smallest absolute Gasteiger partial charge is 0.164 e. The van der Waals surface area contributed by atoms with E-state index < -0.39 is 0 Å². The molecular formula is C24H32N2O. The average Bonchev–Trinajstić information content (AvgIpc) is 2.67. The highest BCUT2D eigenvalue weighted by molar-refractivity contribution is 5.96. The predicted octanol–water partition coefficient (Wildman–Crippen LogP) is 4.37. The summed E-state index contributed by atoms with van der Waals surface area (Å²) >= 11 is 0. The van der Waals surface area contributed by atoms with Crippen LogP contribution < -0.4 is 0 Å². The lowest BCUT2D eigenvalue weighted by molar-refractivity contribution is 0.0922. The van der Waals surface area contributed by atoms with Gasteiger partial charge in [0.2, 0.25) is 0 Å². The summed E-state index contributed by atoms with van der Waals surface area (Å²) in [4.78, 5) is 17.2. The first-order valence-electron chi connectivity index (χ1n) is 10.0. The standard InChI is InChI=1S/C24H32N2O/c1-24(2,3)22-11-9-20(10-12-22)19-26-17-15-25(16-18-26)14-13-23(27)21-7-5-4-6-8-21/h4-12H,13-19H2,1-3H3. The molecule has 0 aliphatic carbocycles. The molecule has 27 heavy (non-hydrogen) atoms. The van der Waals surface area contributed by atoms with Gasteiger partial charge in [0.25, 0.3) is 0 Å². The highest BCUT2D eigenvalue weighted by Crippen LogP contribution is 2.22. The van der Waals surface area contributed by atoms with Crippen molar-refractivity contribution in [2.75, 3.05) is 32.7 Å². The van der Waals surface area contributed by atoms with Gasteiger partial charge in [0.15, 0.2) is 5.78 Å². The number of carbonyl (C=O) groups excluding carboxylic acids is 1. The van der Waals surface area contributed by atoms with E-state index in [2.05, 4.69) is 54.8 Å². The Morgan fingerprint density at radius 1 is 0.852 bits per heavy atom. The van der Waals surface area contributed by atoms with Crippen LogP contribution in [0.5, 0.6) is 0 Å². The maximum atomic E-state index is 12.3. The third-order valence-electron chi connectivity index (χ3n) is 5.44. The van der Waals surface area contributed by atoms with Crippen LogP contribution in [0, 0.1) is 0 Å². The Morgan fingerprint density at radius 3 is 2.04 bits per heavy atom. The van der Waals surface area contributed by atoms with Gasteiger partial charge in [-0.3, -0.25) is 9.69 Å². The highest BCUT2D eigenvalue weighted by Gasteiger charge is 2.18. The zero-order valence-electron chi connectivity index (χ0n) is 16.9. The largest absolute Gasteiger partial charge is 0.300 e. The van der Waals surface area contributed by atoms with E-state index in [0.717, 1.165) is 44.8 Å². The highest BCUT2D eigenvalue weighted by atomic mass is 16.1. The van der Waals surface area contributed by atoms with Gasteiger partial charge >= 0.3 is 0 Å². The molecule has 144 valence electrons. The molecule has 1 fully saturated rings. The van der Waals surface area contributed by atoms with Crippen LogP contribution in [0.3, 0.4) is 0 Å². The van der Waals surface area contributed by atoms with Crippen LogP contribution in [-0.2, 0) is 12.0 Å². The second kappa shape index (κ2) is 8.81. The third kappa shape index (κ3) is 5.75. The summed E-state index contributed by atoms with van der Waals surface area (Å²) in [5.74, 6) is 0.247. The van der Waals surface area contributed by atoms with Crippen molar-refractivity contribution < 1.29 is 4.79 Å². The Labute approximate surface area is 164 Å². The van der Waals surface area contributed by atoms with Crippen molar-refractivity contribution in [3.63, 3.8) is 0 Å². The number of piperazine rings is 1. The lowest BCUT2D eigenvalue weighted by Crippen LogP contribution is -2.46. The first-order chi connectivity index (χ1) is 12.9. The molecule has 0 spiro atoms. The molecule has 0 atom stereocenters. The van der Waals surface area contributed by atoms with Crippen molar-refractivity contribution in [2.24, 2.45) is 0 Å². The summed E-state index contributed by atoms with van der Waals surface area (Å²) in [6.45, 7) is 12.9. The molecule has 0 unspecified atom stereocenters. The van der Waals surface area contributed by atoms with Crippen molar-refractivity contribution in [3.05, 3.63) is 71.3 Å². The zero-order valence-corrected chi connectivity index (χ0v) is 16.9. The predicted molar refractivity (Wildman–Crippen MR) is 112 cm³/mol. The number of ketones is 1. The Balaban J connectivity index is 1.42. The molecule has 3 heteroatoms. The van der Waals surface area contributed by atoms with E-state index in [9.17, 15) is 4.79 Å². The second-order valence-electron chi connectivity index (χ2n) is 8.60. The molecule has 1 heterocycles. The summed E-state index contributed by atoms with van der Waals surface area (Å²) in [5.41, 5.74) is 3.81. The average molecular weight is 365 g/mol. The molecule has 1 aliphatic rings. The Hall–Kier alpha value is -1.97. The van der Waals surface area contributed by atoms with Gasteiger partial charge in [0, 0.05) is 51.3 Å². The molecule has 1 aliphatic heterocycles. The second-order valence-corrected chi connectivity index (χ2v) is 8.60. The Morgan fingerprint density at radius 2 is 1.44 bits per heavy atom. The van der Waals surface area contributed by atoms with E-state index in [4.69, 9.17) is 0 Å². The first kappa shape index (κ1) is 19.8. The fourth-order valence-electron chi connectivity index (χ4n) is 3.57. The van der Waals surface area contributed by atoms with Gasteiger partial charge < -0.3 is 4.90 Å². The summed E-state index contributed by atoms with van der Waals surface area (Å²) < 4.78 is 0. The maximum Gasteiger partial charge on any atom is 0.164 e. The Bertz CT molecular complexity index is 723. The van der Waals surface area contributed by atoms with Crippen molar-refractivity contribution in [2.45, 2.75) is 39.2 Å². The Kier molecular flexibility index (Phi) is 6.46. The topological polar surface area (TPSA) is 23.6 Å². The number of carbonyl (C=O) groups is 1. The summed E-state index contributed by atoms with van der Waals surface area (Å²) in [6, 6.07) is 18.7. The maximum absolute atomic E-state index is 12.3. The molecule has 0 radical (unpaired) electrons. The number of benzene rings is 2. The van der Waals surface area contributed by atoms with Crippen LogP contribution in [0.2, 0.25) is 0 Å². The van der Waals surface area contributed by atoms with Crippen molar-refractivity contribution in [3.8, 4) is 0 Å². The van der Waals surface area contributed by atoms with Gasteiger partial charge in [0.05, 0.1) is 0 Å². The van der Waals surface area contributed by atoms with Crippen LogP contribution in [-0.4, -0.2) is 48.3 Å². The third-order valence-corrected chi connectivity index (χ3v) is 5.44. The van der Waals surface area contributed by atoms with Gasteiger partial charge in [-0.15, -0.1) is 0 Å². The van der Waals surface area contributed by atoms with Crippen molar-refractivity contribution >= 4 is 5.78 Å². The van der Waals surface area contributed by atoms with E-state index in [1.165, 1.54) is 11.1 Å². The van der Waals surface area contributed by atoms with E-state index in [1.54, 1.807) is 0 Å². The number of rotatable bonds is 6. The van der Waals surface area contributed by atoms with Gasteiger partial charge in [-0.25, -0.2) is 0 Å². The quantitative estimate of drug-likeness (QED) is 0.711. The minimum absolute atomic E-state index is 0.210. The molecule has 0 saturated carbocycles. The van der Waals surface area contributed by atoms with Crippen LogP contribution in [0.4, 0.5) is 0 Å². The summed E-state index contributed by atoms with van der Waals surface area (Å²) in [7, 11) is 0. The monoisotopic (exact) mass is 364 g/mol. The molecule has 0 bridgehead atoms. The lowest BCUT2D eigenvalue weighted by Gasteiger charge is -2.34. The minimum atomic E-state index is 0.210. The summed E-state index contributed by atoms with van der Waals surface area (Å²) in [5, 5.41) is 0. The molecular weight excluding hydrogens is 332 g/mol. The van der Waals surface area contributed by atoms with E-state index >= 15 is 0 Å². The van der Waals surface area contributed by atoms with Gasteiger partial charge in [-0.05, 0) is 16.5 Å². The molecule has 2 aromatic carbocycles. The van der Waals surface area contributed by atoms with Crippen LogP contribution in [0.25, 0.3) is 0 Å². The van der Waals surface area contributed by atoms with Gasteiger partial charge in [0.1, 0.15) is 0 Å². The molecule has 3 rings (SSSR count). The van der Waals surface area contributed by atoms with Crippen molar-refractivity contribution in [1.82, 2.24) is 9.80 Å². The molecule has 3 nitrogen and oxygen atoms in total. The van der Waals surface area contributed by atoms with Crippen LogP contribution >= 0.6 is 0 Å². The normalized spacial score (nSPS) is 16.4. The number of hydrogen-bond donors (Lipinski definition) is 0. The van der Waals surface area contributed by atoms with Gasteiger partial charge in [-0.1, -0.05) is 75.4 Å². The minimum Gasteiger partial charge on any atom is -0.300 e. The summed E-state index contributed by atoms with van der Waals surface area (Å²) in [6.07, 6.45) is 0.609. The zero-order chi connectivity index (χ0) is 19.3.